The number of benzene rings is 1. The lowest BCUT2D eigenvalue weighted by molar-refractivity contribution is -0.114. The molecule has 0 atom stereocenters. The molecule has 0 aliphatic heterocycles. The molecular formula is C14H17N3O. The van der Waals surface area contributed by atoms with Gasteiger partial charge >= 0.3 is 0 Å². The molecule has 0 unspecified atom stereocenters. The first kappa shape index (κ1) is 12.4. The van der Waals surface area contributed by atoms with Crippen LogP contribution in [0.4, 0.5) is 5.69 Å². The monoisotopic (exact) mass is 243 g/mol. The summed E-state index contributed by atoms with van der Waals surface area (Å²) in [7, 11) is 1.90. The van der Waals surface area contributed by atoms with Crippen LogP contribution in [0.2, 0.25) is 0 Å². The van der Waals surface area contributed by atoms with E-state index in [9.17, 15) is 4.79 Å². The molecule has 94 valence electrons. The SMILES string of the molecule is CCc1cc(-c2cnn(C)c2)ccc1NC(C)=O. The summed E-state index contributed by atoms with van der Waals surface area (Å²) < 4.78 is 1.78. The molecule has 2 aromatic rings. The summed E-state index contributed by atoms with van der Waals surface area (Å²) in [5.74, 6) is -0.0428. The van der Waals surface area contributed by atoms with Gasteiger partial charge < -0.3 is 5.32 Å². The number of nitrogens with zero attached hydrogens (tertiary/aromatic N) is 2. The smallest absolute Gasteiger partial charge is 0.221 e. The van der Waals surface area contributed by atoms with Crippen LogP contribution in [0.3, 0.4) is 0 Å². The molecule has 1 N–H and O–H groups in total. The summed E-state index contributed by atoms with van der Waals surface area (Å²) in [6.07, 6.45) is 4.70. The number of anilines is 1. The molecule has 1 aromatic heterocycles. The number of aryl methyl sites for hydroxylation is 2. The number of carbonyl (C=O) groups is 1. The van der Waals surface area contributed by atoms with Gasteiger partial charge in [0, 0.05) is 31.4 Å². The number of rotatable bonds is 3. The van der Waals surface area contributed by atoms with Gasteiger partial charge in [-0.3, -0.25) is 9.48 Å². The van der Waals surface area contributed by atoms with Crippen LogP contribution in [0.1, 0.15) is 19.4 Å². The van der Waals surface area contributed by atoms with Crippen LogP contribution in [0.15, 0.2) is 30.6 Å². The largest absolute Gasteiger partial charge is 0.326 e. The second-order valence-corrected chi connectivity index (χ2v) is 4.31. The van der Waals surface area contributed by atoms with Gasteiger partial charge in [-0.15, -0.1) is 0 Å². The summed E-state index contributed by atoms with van der Waals surface area (Å²) in [5, 5.41) is 7.01. The summed E-state index contributed by atoms with van der Waals surface area (Å²) in [6.45, 7) is 3.60. The molecule has 0 bridgehead atoms. The van der Waals surface area contributed by atoms with Crippen LogP contribution in [-0.4, -0.2) is 15.7 Å². The minimum Gasteiger partial charge on any atom is -0.326 e. The predicted molar refractivity (Wildman–Crippen MR) is 72.3 cm³/mol. The molecule has 4 heteroatoms. The minimum atomic E-state index is -0.0428. The molecule has 0 spiro atoms. The molecule has 0 aliphatic rings. The van der Waals surface area contributed by atoms with Gasteiger partial charge in [-0.1, -0.05) is 13.0 Å². The summed E-state index contributed by atoms with van der Waals surface area (Å²) in [4.78, 5) is 11.1. The maximum Gasteiger partial charge on any atom is 0.221 e. The third-order valence-corrected chi connectivity index (χ3v) is 2.84. The number of hydrogen-bond donors (Lipinski definition) is 1. The Morgan fingerprint density at radius 1 is 1.39 bits per heavy atom. The quantitative estimate of drug-likeness (QED) is 0.900. The van der Waals surface area contributed by atoms with Crippen molar-refractivity contribution in [3.05, 3.63) is 36.2 Å². The highest BCUT2D eigenvalue weighted by molar-refractivity contribution is 5.90. The fraction of sp³-hybridized carbons (Fsp3) is 0.286. The normalized spacial score (nSPS) is 10.4. The van der Waals surface area contributed by atoms with Crippen molar-refractivity contribution >= 4 is 11.6 Å². The topological polar surface area (TPSA) is 46.9 Å². The van der Waals surface area contributed by atoms with E-state index in [-0.39, 0.29) is 5.91 Å². The van der Waals surface area contributed by atoms with Crippen molar-refractivity contribution in [2.75, 3.05) is 5.32 Å². The Morgan fingerprint density at radius 3 is 2.72 bits per heavy atom. The highest BCUT2D eigenvalue weighted by Gasteiger charge is 2.06. The third kappa shape index (κ3) is 2.59. The maximum absolute atomic E-state index is 11.1. The lowest BCUT2D eigenvalue weighted by Gasteiger charge is -2.10. The molecule has 1 heterocycles. The molecule has 0 saturated carbocycles. The third-order valence-electron chi connectivity index (χ3n) is 2.84. The minimum absolute atomic E-state index is 0.0428. The lowest BCUT2D eigenvalue weighted by Crippen LogP contribution is -2.07. The molecule has 0 fully saturated rings. The first-order valence-corrected chi connectivity index (χ1v) is 5.99. The Kier molecular flexibility index (Phi) is 3.46. The van der Waals surface area contributed by atoms with E-state index in [1.165, 1.54) is 6.92 Å². The Balaban J connectivity index is 2.38. The molecule has 4 nitrogen and oxygen atoms in total. The first-order chi connectivity index (χ1) is 8.60. The van der Waals surface area contributed by atoms with E-state index in [2.05, 4.69) is 23.4 Å². The van der Waals surface area contributed by atoms with Crippen molar-refractivity contribution in [2.24, 2.45) is 7.05 Å². The fourth-order valence-corrected chi connectivity index (χ4v) is 1.95. The zero-order valence-electron chi connectivity index (χ0n) is 10.9. The number of carbonyl (C=O) groups excluding carboxylic acids is 1. The van der Waals surface area contributed by atoms with Crippen molar-refractivity contribution in [1.29, 1.82) is 0 Å². The molecule has 18 heavy (non-hydrogen) atoms. The number of hydrogen-bond acceptors (Lipinski definition) is 2. The van der Waals surface area contributed by atoms with Crippen LogP contribution in [-0.2, 0) is 18.3 Å². The first-order valence-electron chi connectivity index (χ1n) is 5.99. The molecular weight excluding hydrogens is 226 g/mol. The van der Waals surface area contributed by atoms with Crippen molar-refractivity contribution in [1.82, 2.24) is 9.78 Å². The van der Waals surface area contributed by atoms with Crippen LogP contribution in [0, 0.1) is 0 Å². The van der Waals surface area contributed by atoms with E-state index < -0.39 is 0 Å². The van der Waals surface area contributed by atoms with Gasteiger partial charge in [0.05, 0.1) is 6.20 Å². The summed E-state index contributed by atoms with van der Waals surface area (Å²) >= 11 is 0. The fourth-order valence-electron chi connectivity index (χ4n) is 1.95. The van der Waals surface area contributed by atoms with E-state index in [4.69, 9.17) is 0 Å². The van der Waals surface area contributed by atoms with Gasteiger partial charge in [0.25, 0.3) is 0 Å². The zero-order valence-corrected chi connectivity index (χ0v) is 10.9. The average Bonchev–Trinajstić information content (AvgIpc) is 2.75. The Bertz CT molecular complexity index is 572. The Labute approximate surface area is 107 Å². The second-order valence-electron chi connectivity index (χ2n) is 4.31. The van der Waals surface area contributed by atoms with Gasteiger partial charge in [-0.25, -0.2) is 0 Å². The van der Waals surface area contributed by atoms with Gasteiger partial charge in [-0.2, -0.15) is 5.10 Å². The highest BCUT2D eigenvalue weighted by atomic mass is 16.1. The standard InChI is InChI=1S/C14H17N3O/c1-4-11-7-12(13-8-15-17(3)9-13)5-6-14(11)16-10(2)18/h5-9H,4H2,1-3H3,(H,16,18). The van der Waals surface area contributed by atoms with Gasteiger partial charge in [0.1, 0.15) is 0 Å². The van der Waals surface area contributed by atoms with E-state index in [1.54, 1.807) is 4.68 Å². The van der Waals surface area contributed by atoms with Crippen LogP contribution >= 0.6 is 0 Å². The number of aromatic nitrogens is 2. The molecule has 0 radical (unpaired) electrons. The van der Waals surface area contributed by atoms with Gasteiger partial charge in [-0.05, 0) is 29.7 Å². The maximum atomic E-state index is 11.1. The molecule has 0 aliphatic carbocycles. The molecule has 1 aromatic carbocycles. The van der Waals surface area contributed by atoms with Gasteiger partial charge in [0.15, 0.2) is 0 Å². The zero-order chi connectivity index (χ0) is 13.1. The van der Waals surface area contributed by atoms with Gasteiger partial charge in [0.2, 0.25) is 5.91 Å². The number of nitrogens with one attached hydrogen (secondary N) is 1. The Morgan fingerprint density at radius 2 is 2.17 bits per heavy atom. The van der Waals surface area contributed by atoms with E-state index >= 15 is 0 Å². The van der Waals surface area contributed by atoms with Crippen molar-refractivity contribution in [3.8, 4) is 11.1 Å². The van der Waals surface area contributed by atoms with Crippen molar-refractivity contribution < 1.29 is 4.79 Å². The molecule has 1 amide bonds. The Hall–Kier alpha value is -2.10. The average molecular weight is 243 g/mol. The van der Waals surface area contributed by atoms with Crippen LogP contribution in [0.25, 0.3) is 11.1 Å². The molecule has 0 saturated heterocycles. The number of amides is 1. The van der Waals surface area contributed by atoms with Crippen molar-refractivity contribution in [2.45, 2.75) is 20.3 Å². The van der Waals surface area contributed by atoms with E-state index in [0.29, 0.717) is 0 Å². The molecule has 2 rings (SSSR count). The van der Waals surface area contributed by atoms with Crippen LogP contribution < -0.4 is 5.32 Å². The van der Waals surface area contributed by atoms with Crippen molar-refractivity contribution in [3.63, 3.8) is 0 Å². The highest BCUT2D eigenvalue weighted by Crippen LogP contribution is 2.25. The predicted octanol–water partition coefficient (Wildman–Crippen LogP) is 2.61. The van der Waals surface area contributed by atoms with E-state index in [1.807, 2.05) is 31.6 Å². The lowest BCUT2D eigenvalue weighted by atomic mass is 10.0. The summed E-state index contributed by atoms with van der Waals surface area (Å²) in [6, 6.07) is 6.05. The summed E-state index contributed by atoms with van der Waals surface area (Å²) in [5.41, 5.74) is 4.22. The van der Waals surface area contributed by atoms with Crippen LogP contribution in [0.5, 0.6) is 0 Å². The van der Waals surface area contributed by atoms with E-state index in [0.717, 1.165) is 28.8 Å². The second kappa shape index (κ2) is 5.04.